The van der Waals surface area contributed by atoms with Crippen molar-refractivity contribution in [3.8, 4) is 0 Å². The molecule has 0 fully saturated rings. The highest BCUT2D eigenvalue weighted by Gasteiger charge is 2.22. The molecule has 0 heterocycles. The zero-order chi connectivity index (χ0) is 12.3. The van der Waals surface area contributed by atoms with Crippen LogP contribution in [0, 0.1) is 5.41 Å². The van der Waals surface area contributed by atoms with Gasteiger partial charge in [-0.1, -0.05) is 20.8 Å². The van der Waals surface area contributed by atoms with Gasteiger partial charge in [0.15, 0.2) is 9.84 Å². The molecule has 5 heteroatoms. The van der Waals surface area contributed by atoms with Crippen LogP contribution in [0.15, 0.2) is 0 Å². The summed E-state index contributed by atoms with van der Waals surface area (Å²) in [6.45, 7) is 8.84. The summed E-state index contributed by atoms with van der Waals surface area (Å²) in [5, 5.41) is 2.23. The minimum absolute atomic E-state index is 0.00644. The first kappa shape index (κ1) is 14.4. The lowest BCUT2D eigenvalue weighted by atomic mass is 9.96. The monoisotopic (exact) mass is 235 g/mol. The Morgan fingerprint density at radius 2 is 1.73 bits per heavy atom. The number of amides is 1. The third-order valence-electron chi connectivity index (χ3n) is 2.07. The van der Waals surface area contributed by atoms with Crippen LogP contribution < -0.4 is 5.32 Å². The molecule has 0 aromatic heterocycles. The van der Waals surface area contributed by atoms with Gasteiger partial charge < -0.3 is 5.32 Å². The first-order valence-corrected chi connectivity index (χ1v) is 6.79. The third kappa shape index (κ3) is 5.16. The van der Waals surface area contributed by atoms with E-state index in [9.17, 15) is 13.2 Å². The predicted molar refractivity (Wildman–Crippen MR) is 61.4 cm³/mol. The van der Waals surface area contributed by atoms with E-state index in [0.717, 1.165) is 0 Å². The zero-order valence-corrected chi connectivity index (χ0v) is 10.9. The molecule has 0 spiro atoms. The van der Waals surface area contributed by atoms with E-state index in [1.165, 1.54) is 0 Å². The van der Waals surface area contributed by atoms with Crippen LogP contribution in [0.3, 0.4) is 0 Å². The standard InChI is InChI=1S/C10H21NO3S/c1-8(2)15(13,14)7-6-11-9(12)10(3,4)5/h8H,6-7H2,1-5H3,(H,11,12). The summed E-state index contributed by atoms with van der Waals surface area (Å²) in [5.74, 6) is -0.117. The van der Waals surface area contributed by atoms with Crippen LogP contribution in [0.25, 0.3) is 0 Å². The van der Waals surface area contributed by atoms with Gasteiger partial charge in [-0.25, -0.2) is 8.42 Å². The van der Waals surface area contributed by atoms with E-state index in [2.05, 4.69) is 5.32 Å². The van der Waals surface area contributed by atoms with Crippen molar-refractivity contribution in [2.75, 3.05) is 12.3 Å². The molecule has 0 radical (unpaired) electrons. The van der Waals surface area contributed by atoms with Crippen LogP contribution >= 0.6 is 0 Å². The van der Waals surface area contributed by atoms with Gasteiger partial charge in [0, 0.05) is 12.0 Å². The molecule has 4 nitrogen and oxygen atoms in total. The van der Waals surface area contributed by atoms with Gasteiger partial charge in [0.05, 0.1) is 11.0 Å². The van der Waals surface area contributed by atoms with Crippen LogP contribution in [0.1, 0.15) is 34.6 Å². The number of hydrogen-bond acceptors (Lipinski definition) is 3. The Bertz CT molecular complexity index is 312. The van der Waals surface area contributed by atoms with E-state index in [1.54, 1.807) is 34.6 Å². The average Bonchev–Trinajstić information content (AvgIpc) is 2.01. The number of carbonyl (C=O) groups is 1. The average molecular weight is 235 g/mol. The minimum atomic E-state index is -3.05. The molecule has 0 atom stereocenters. The molecule has 1 N–H and O–H groups in total. The highest BCUT2D eigenvalue weighted by Crippen LogP contribution is 2.12. The van der Waals surface area contributed by atoms with Crippen LogP contribution in [0.4, 0.5) is 0 Å². The van der Waals surface area contributed by atoms with Gasteiger partial charge in [-0.15, -0.1) is 0 Å². The fourth-order valence-electron chi connectivity index (χ4n) is 0.808. The molecular formula is C10H21NO3S. The quantitative estimate of drug-likeness (QED) is 0.790. The number of hydrogen-bond donors (Lipinski definition) is 1. The topological polar surface area (TPSA) is 63.2 Å². The third-order valence-corrected chi connectivity index (χ3v) is 4.28. The first-order valence-electron chi connectivity index (χ1n) is 5.07. The maximum atomic E-state index is 11.4. The van der Waals surface area contributed by atoms with Crippen molar-refractivity contribution in [2.45, 2.75) is 39.9 Å². The molecule has 15 heavy (non-hydrogen) atoms. The van der Waals surface area contributed by atoms with Crippen LogP contribution in [0.2, 0.25) is 0 Å². The predicted octanol–water partition coefficient (Wildman–Crippen LogP) is 0.972. The molecule has 0 aromatic carbocycles. The smallest absolute Gasteiger partial charge is 0.225 e. The maximum absolute atomic E-state index is 11.4. The van der Waals surface area contributed by atoms with Gasteiger partial charge in [-0.05, 0) is 13.8 Å². The van der Waals surface area contributed by atoms with Crippen LogP contribution in [-0.2, 0) is 14.6 Å². The molecule has 0 aliphatic carbocycles. The molecule has 0 aliphatic rings. The largest absolute Gasteiger partial charge is 0.355 e. The fourth-order valence-corrected chi connectivity index (χ4v) is 1.67. The summed E-state index contributed by atoms with van der Waals surface area (Å²) in [4.78, 5) is 11.4. The maximum Gasteiger partial charge on any atom is 0.225 e. The summed E-state index contributed by atoms with van der Waals surface area (Å²) in [6.07, 6.45) is 0. The van der Waals surface area contributed by atoms with E-state index in [1.807, 2.05) is 0 Å². The fraction of sp³-hybridized carbons (Fsp3) is 0.900. The van der Waals surface area contributed by atoms with Gasteiger partial charge in [0.1, 0.15) is 0 Å². The van der Waals surface area contributed by atoms with Crippen molar-refractivity contribution in [3.63, 3.8) is 0 Å². The van der Waals surface area contributed by atoms with Gasteiger partial charge in [-0.2, -0.15) is 0 Å². The van der Waals surface area contributed by atoms with Crippen molar-refractivity contribution in [1.82, 2.24) is 5.32 Å². The summed E-state index contributed by atoms with van der Waals surface area (Å²) in [5.41, 5.74) is -0.471. The number of carbonyl (C=O) groups excluding carboxylic acids is 1. The van der Waals surface area contributed by atoms with Crippen molar-refractivity contribution in [3.05, 3.63) is 0 Å². The van der Waals surface area contributed by atoms with Gasteiger partial charge in [0.25, 0.3) is 0 Å². The molecule has 0 unspecified atom stereocenters. The van der Waals surface area contributed by atoms with Gasteiger partial charge in [-0.3, -0.25) is 4.79 Å². The summed E-state index contributed by atoms with van der Waals surface area (Å²) >= 11 is 0. The lowest BCUT2D eigenvalue weighted by Crippen LogP contribution is -2.38. The number of nitrogens with one attached hydrogen (secondary N) is 1. The molecule has 0 aliphatic heterocycles. The van der Waals surface area contributed by atoms with Crippen LogP contribution in [0.5, 0.6) is 0 Å². The lowest BCUT2D eigenvalue weighted by molar-refractivity contribution is -0.128. The van der Waals surface area contributed by atoms with Gasteiger partial charge >= 0.3 is 0 Å². The number of sulfone groups is 1. The molecule has 1 amide bonds. The summed E-state index contributed by atoms with van der Waals surface area (Å²) in [7, 11) is -3.05. The lowest BCUT2D eigenvalue weighted by Gasteiger charge is -2.17. The Morgan fingerprint density at radius 1 is 1.27 bits per heavy atom. The van der Waals surface area contributed by atoms with Crippen LogP contribution in [-0.4, -0.2) is 31.9 Å². The second-order valence-electron chi connectivity index (χ2n) is 4.92. The van der Waals surface area contributed by atoms with E-state index < -0.39 is 15.3 Å². The van der Waals surface area contributed by atoms with Crippen molar-refractivity contribution in [1.29, 1.82) is 0 Å². The van der Waals surface area contributed by atoms with E-state index in [-0.39, 0.29) is 23.5 Å². The summed E-state index contributed by atoms with van der Waals surface area (Å²) < 4.78 is 22.8. The Morgan fingerprint density at radius 3 is 2.07 bits per heavy atom. The van der Waals surface area contributed by atoms with Crippen molar-refractivity contribution >= 4 is 15.7 Å². The van der Waals surface area contributed by atoms with E-state index in [0.29, 0.717) is 0 Å². The molecule has 0 saturated carbocycles. The highest BCUT2D eigenvalue weighted by atomic mass is 32.2. The van der Waals surface area contributed by atoms with E-state index >= 15 is 0 Å². The Kier molecular flexibility index (Phi) is 4.77. The second kappa shape index (κ2) is 4.96. The SMILES string of the molecule is CC(C)S(=O)(=O)CCNC(=O)C(C)(C)C. The molecule has 0 saturated heterocycles. The Labute approximate surface area is 92.4 Å². The number of rotatable bonds is 4. The Hall–Kier alpha value is -0.580. The molecule has 0 rings (SSSR count). The highest BCUT2D eigenvalue weighted by molar-refractivity contribution is 7.92. The molecule has 90 valence electrons. The second-order valence-corrected chi connectivity index (χ2v) is 7.60. The van der Waals surface area contributed by atoms with E-state index in [4.69, 9.17) is 0 Å². The molecule has 0 bridgehead atoms. The van der Waals surface area contributed by atoms with Gasteiger partial charge in [0.2, 0.25) is 5.91 Å². The summed E-state index contributed by atoms with van der Waals surface area (Å²) in [6, 6.07) is 0. The molecule has 0 aromatic rings. The minimum Gasteiger partial charge on any atom is -0.355 e. The molecular weight excluding hydrogens is 214 g/mol. The van der Waals surface area contributed by atoms with Crippen molar-refractivity contribution < 1.29 is 13.2 Å². The first-order chi connectivity index (χ1) is 6.57. The van der Waals surface area contributed by atoms with Crippen molar-refractivity contribution in [2.24, 2.45) is 5.41 Å². The normalized spacial score (nSPS) is 12.9. The Balaban J connectivity index is 4.08. The zero-order valence-electron chi connectivity index (χ0n) is 10.1.